The van der Waals surface area contributed by atoms with Crippen LogP contribution < -0.4 is 5.19 Å². The fraction of sp³-hybridized carbons (Fsp3) is 0.250. The van der Waals surface area contributed by atoms with E-state index in [1.807, 2.05) is 23.1 Å². The summed E-state index contributed by atoms with van der Waals surface area (Å²) >= 11 is 3.97. The van der Waals surface area contributed by atoms with Crippen molar-refractivity contribution < 1.29 is 0 Å². The van der Waals surface area contributed by atoms with Gasteiger partial charge in [-0.2, -0.15) is 0 Å². The first-order chi connectivity index (χ1) is 17.0. The molecule has 3 heteroatoms. The largest absolute Gasteiger partial charge is 0.135 e. The van der Waals surface area contributed by atoms with Gasteiger partial charge in [-0.25, -0.2) is 0 Å². The Hall–Kier alpha value is -2.33. The molecule has 0 unspecified atom stereocenters. The number of rotatable bonds is 5. The summed E-state index contributed by atoms with van der Waals surface area (Å²) in [6.45, 7) is 9.96. The number of unbranched alkanes of at least 4 members (excludes halogenated alkanes) is 2. The lowest BCUT2D eigenvalue weighted by Gasteiger charge is -2.28. The van der Waals surface area contributed by atoms with Crippen molar-refractivity contribution in [3.63, 3.8) is 0 Å². The Labute approximate surface area is 218 Å². The molecule has 0 saturated carbocycles. The number of fused-ring (bicyclic) bond motifs is 9. The number of hydrogen-bond acceptors (Lipinski definition) is 2. The van der Waals surface area contributed by atoms with Crippen LogP contribution >= 0.6 is 23.1 Å². The highest BCUT2D eigenvalue weighted by Crippen LogP contribution is 2.53. The van der Waals surface area contributed by atoms with Gasteiger partial charge in [0, 0.05) is 35.5 Å². The minimum Gasteiger partial charge on any atom is -0.135 e. The van der Waals surface area contributed by atoms with Crippen LogP contribution in [0.3, 0.4) is 0 Å². The average molecular weight is 509 g/mol. The minimum absolute atomic E-state index is 1.17. The second-order valence-corrected chi connectivity index (χ2v) is 17.8. The maximum absolute atomic E-state index is 2.55. The summed E-state index contributed by atoms with van der Waals surface area (Å²) in [5.74, 6) is 0. The van der Waals surface area contributed by atoms with Crippen LogP contribution in [-0.2, 0) is 6.42 Å². The molecule has 1 aromatic heterocycles. The van der Waals surface area contributed by atoms with Crippen molar-refractivity contribution in [3.05, 3.63) is 78.4 Å². The van der Waals surface area contributed by atoms with E-state index in [4.69, 9.17) is 0 Å². The molecule has 0 nitrogen and oxygen atoms in total. The van der Waals surface area contributed by atoms with Crippen molar-refractivity contribution in [2.24, 2.45) is 0 Å². The maximum atomic E-state index is 2.55. The molecule has 0 radical (unpaired) electrons. The molecule has 6 rings (SSSR count). The van der Waals surface area contributed by atoms with E-state index < -0.39 is 8.07 Å². The van der Waals surface area contributed by atoms with Crippen molar-refractivity contribution >= 4 is 56.5 Å². The number of hydrogen-bond donors (Lipinski definition) is 0. The highest BCUT2D eigenvalue weighted by Gasteiger charge is 2.33. The normalized spacial score (nSPS) is 12.9. The molecule has 0 atom stereocenters. The molecule has 0 bridgehead atoms. The fourth-order valence-electron chi connectivity index (χ4n) is 5.81. The highest BCUT2D eigenvalue weighted by molar-refractivity contribution is 7.99. The van der Waals surface area contributed by atoms with Crippen LogP contribution in [0.4, 0.5) is 0 Å². The summed E-state index contributed by atoms with van der Waals surface area (Å²) in [6.07, 6.45) is 4.97. The third kappa shape index (κ3) is 3.80. The SMILES string of the molecule is CCCCCc1c2c(c3c(sc4ccccc43)c1[Si](C)(C)C)-c1ccccc1Sc1ccccc1-2. The van der Waals surface area contributed by atoms with Crippen LogP contribution in [0.5, 0.6) is 0 Å². The lowest BCUT2D eigenvalue weighted by atomic mass is 9.85. The molecule has 1 aliphatic heterocycles. The van der Waals surface area contributed by atoms with E-state index in [0.717, 1.165) is 0 Å². The molecule has 2 heterocycles. The first kappa shape index (κ1) is 23.1. The Morgan fingerprint density at radius 2 is 1.34 bits per heavy atom. The predicted octanol–water partition coefficient (Wildman–Crippen LogP) is 10.1. The van der Waals surface area contributed by atoms with Crippen LogP contribution in [0.15, 0.2) is 82.6 Å². The van der Waals surface area contributed by atoms with Gasteiger partial charge in [0.1, 0.15) is 0 Å². The Bertz CT molecular complexity index is 1570. The van der Waals surface area contributed by atoms with Gasteiger partial charge >= 0.3 is 0 Å². The summed E-state index contributed by atoms with van der Waals surface area (Å²) < 4.78 is 2.97. The van der Waals surface area contributed by atoms with E-state index in [0.29, 0.717) is 0 Å². The maximum Gasteiger partial charge on any atom is 0.0798 e. The molecule has 5 aromatic rings. The van der Waals surface area contributed by atoms with Gasteiger partial charge in [0.25, 0.3) is 0 Å². The molecule has 0 fully saturated rings. The Morgan fingerprint density at radius 1 is 0.714 bits per heavy atom. The van der Waals surface area contributed by atoms with Gasteiger partial charge in [0.05, 0.1) is 8.07 Å². The zero-order valence-electron chi connectivity index (χ0n) is 21.1. The summed E-state index contributed by atoms with van der Waals surface area (Å²) in [7, 11) is -1.65. The minimum atomic E-state index is -1.65. The quantitative estimate of drug-likeness (QED) is 0.165. The van der Waals surface area contributed by atoms with Crippen molar-refractivity contribution in [2.75, 3.05) is 0 Å². The van der Waals surface area contributed by atoms with E-state index in [1.165, 1.54) is 73.2 Å². The molecule has 0 aliphatic carbocycles. The Kier molecular flexibility index (Phi) is 5.91. The number of benzene rings is 4. The smallest absolute Gasteiger partial charge is 0.0798 e. The molecule has 0 saturated heterocycles. The van der Waals surface area contributed by atoms with Crippen LogP contribution in [-0.4, -0.2) is 8.07 Å². The van der Waals surface area contributed by atoms with E-state index in [2.05, 4.69) is 99.4 Å². The van der Waals surface area contributed by atoms with E-state index in [1.54, 1.807) is 15.5 Å². The van der Waals surface area contributed by atoms with Crippen molar-refractivity contribution in [2.45, 2.75) is 62.0 Å². The molecule has 0 N–H and O–H groups in total. The van der Waals surface area contributed by atoms with Gasteiger partial charge in [-0.3, -0.25) is 0 Å². The van der Waals surface area contributed by atoms with Gasteiger partial charge < -0.3 is 0 Å². The van der Waals surface area contributed by atoms with Crippen molar-refractivity contribution in [1.29, 1.82) is 0 Å². The Balaban J connectivity index is 1.89. The van der Waals surface area contributed by atoms with Crippen LogP contribution in [0, 0.1) is 0 Å². The Morgan fingerprint density at radius 3 is 2.03 bits per heavy atom. The molecule has 176 valence electrons. The van der Waals surface area contributed by atoms with Gasteiger partial charge in [-0.1, -0.05) is 106 Å². The van der Waals surface area contributed by atoms with Crippen molar-refractivity contribution in [3.8, 4) is 22.3 Å². The third-order valence-corrected chi connectivity index (χ3v) is 11.8. The second-order valence-electron chi connectivity index (χ2n) is 10.7. The van der Waals surface area contributed by atoms with Crippen molar-refractivity contribution in [1.82, 2.24) is 0 Å². The van der Waals surface area contributed by atoms with E-state index in [9.17, 15) is 0 Å². The monoisotopic (exact) mass is 508 g/mol. The summed E-state index contributed by atoms with van der Waals surface area (Å²) in [4.78, 5) is 2.76. The molecule has 35 heavy (non-hydrogen) atoms. The lowest BCUT2D eigenvalue weighted by molar-refractivity contribution is 0.719. The molecular formula is C32H32S2Si. The van der Waals surface area contributed by atoms with Crippen LogP contribution in [0.1, 0.15) is 31.7 Å². The first-order valence-corrected chi connectivity index (χ1v) is 18.0. The molecule has 4 aromatic carbocycles. The molecular weight excluding hydrogens is 477 g/mol. The van der Waals surface area contributed by atoms with E-state index in [-0.39, 0.29) is 0 Å². The van der Waals surface area contributed by atoms with E-state index >= 15 is 0 Å². The average Bonchev–Trinajstić information content (AvgIpc) is 3.15. The second kappa shape index (κ2) is 8.96. The van der Waals surface area contributed by atoms with Gasteiger partial charge in [-0.15, -0.1) is 11.3 Å². The summed E-state index contributed by atoms with van der Waals surface area (Å²) in [6, 6.07) is 27.3. The summed E-state index contributed by atoms with van der Waals surface area (Å²) in [5.41, 5.74) is 7.45. The van der Waals surface area contributed by atoms with Gasteiger partial charge in [-0.05, 0) is 58.5 Å². The number of thiophene rings is 1. The lowest BCUT2D eigenvalue weighted by Crippen LogP contribution is -2.41. The first-order valence-electron chi connectivity index (χ1n) is 12.9. The fourth-order valence-corrected chi connectivity index (χ4v) is 11.1. The standard InChI is InChI=1S/C32H32S2Si/c1-5-6-7-17-24-28-21-14-8-11-18-25(21)33-26-19-12-9-15-22(26)29(28)30-23-16-10-13-20-27(23)34-31(30)32(24)35(2,3)4/h8-16,18-20H,5-7,17H2,1-4H3. The summed E-state index contributed by atoms with van der Waals surface area (Å²) in [5, 5.41) is 4.60. The zero-order valence-corrected chi connectivity index (χ0v) is 23.7. The van der Waals surface area contributed by atoms with Gasteiger partial charge in [0.15, 0.2) is 0 Å². The van der Waals surface area contributed by atoms with Crippen LogP contribution in [0.2, 0.25) is 19.6 Å². The third-order valence-electron chi connectivity index (χ3n) is 7.24. The van der Waals surface area contributed by atoms with Gasteiger partial charge in [0.2, 0.25) is 0 Å². The molecule has 0 spiro atoms. The highest BCUT2D eigenvalue weighted by atomic mass is 32.2. The topological polar surface area (TPSA) is 0 Å². The molecule has 1 aliphatic rings. The van der Waals surface area contributed by atoms with Crippen LogP contribution in [0.25, 0.3) is 42.4 Å². The molecule has 0 amide bonds. The predicted molar refractivity (Wildman–Crippen MR) is 161 cm³/mol. The zero-order chi connectivity index (χ0) is 24.2.